The van der Waals surface area contributed by atoms with E-state index in [-0.39, 0.29) is 0 Å². The molecular formula is C15H10F3NO3. The van der Waals surface area contributed by atoms with E-state index in [0.717, 1.165) is 30.3 Å². The number of ether oxygens (including phenoxy) is 1. The summed E-state index contributed by atoms with van der Waals surface area (Å²) in [5, 5.41) is 2.33. The Bertz CT molecular complexity index is 681. The fourth-order valence-electron chi connectivity index (χ4n) is 1.63. The number of hydrogen-bond donors (Lipinski definition) is 1. The van der Waals surface area contributed by atoms with Crippen molar-refractivity contribution in [1.29, 1.82) is 0 Å². The molecule has 0 aromatic heterocycles. The number of esters is 1. The Morgan fingerprint density at radius 2 is 1.55 bits per heavy atom. The van der Waals surface area contributed by atoms with Crippen LogP contribution in [0.4, 0.5) is 18.9 Å². The quantitative estimate of drug-likeness (QED) is 0.884. The van der Waals surface area contributed by atoms with Crippen molar-refractivity contribution in [3.05, 3.63) is 65.5 Å². The molecule has 1 N–H and O–H groups in total. The average Bonchev–Trinajstić information content (AvgIpc) is 2.47. The molecule has 0 radical (unpaired) electrons. The summed E-state index contributed by atoms with van der Waals surface area (Å²) in [6, 6.07) is 7.79. The molecule has 22 heavy (non-hydrogen) atoms. The average molecular weight is 309 g/mol. The smallest absolute Gasteiger partial charge is 0.344 e. The minimum Gasteiger partial charge on any atom is -0.452 e. The van der Waals surface area contributed by atoms with Crippen LogP contribution in [0.3, 0.4) is 0 Å². The number of hydrogen-bond acceptors (Lipinski definition) is 3. The molecule has 0 spiro atoms. The summed E-state index contributed by atoms with van der Waals surface area (Å²) < 4.78 is 43.9. The molecule has 4 nitrogen and oxygen atoms in total. The van der Waals surface area contributed by atoms with Gasteiger partial charge in [-0.1, -0.05) is 6.07 Å². The van der Waals surface area contributed by atoms with Crippen molar-refractivity contribution < 1.29 is 27.5 Å². The minimum absolute atomic E-state index is 0.291. The summed E-state index contributed by atoms with van der Waals surface area (Å²) in [6.07, 6.45) is 0. The maximum absolute atomic E-state index is 13.3. The lowest BCUT2D eigenvalue weighted by Gasteiger charge is -2.07. The fourth-order valence-corrected chi connectivity index (χ4v) is 1.63. The van der Waals surface area contributed by atoms with Crippen molar-refractivity contribution in [1.82, 2.24) is 0 Å². The van der Waals surface area contributed by atoms with E-state index in [1.807, 2.05) is 0 Å². The SMILES string of the molecule is O=C(COC(=O)c1c(F)cccc1F)Nc1ccc(F)cc1. The fraction of sp³-hybridized carbons (Fsp3) is 0.0667. The molecule has 0 fully saturated rings. The van der Waals surface area contributed by atoms with E-state index < -0.39 is 41.5 Å². The van der Waals surface area contributed by atoms with Crippen LogP contribution < -0.4 is 5.32 Å². The van der Waals surface area contributed by atoms with Gasteiger partial charge in [0.05, 0.1) is 0 Å². The second kappa shape index (κ2) is 6.75. The third kappa shape index (κ3) is 3.85. The van der Waals surface area contributed by atoms with E-state index in [1.54, 1.807) is 0 Å². The van der Waals surface area contributed by atoms with E-state index in [4.69, 9.17) is 0 Å². The van der Waals surface area contributed by atoms with Gasteiger partial charge in [-0.2, -0.15) is 0 Å². The van der Waals surface area contributed by atoms with E-state index in [0.29, 0.717) is 5.69 Å². The maximum atomic E-state index is 13.3. The van der Waals surface area contributed by atoms with Crippen LogP contribution in [0.25, 0.3) is 0 Å². The molecule has 0 bridgehead atoms. The predicted molar refractivity (Wildman–Crippen MR) is 71.7 cm³/mol. The standard InChI is InChI=1S/C15H10F3NO3/c16-9-4-6-10(7-5-9)19-13(20)8-22-15(21)14-11(17)2-1-3-12(14)18/h1-7H,8H2,(H,19,20). The Hall–Kier alpha value is -2.83. The van der Waals surface area contributed by atoms with Gasteiger partial charge < -0.3 is 10.1 Å². The summed E-state index contributed by atoms with van der Waals surface area (Å²) >= 11 is 0. The lowest BCUT2D eigenvalue weighted by molar-refractivity contribution is -0.119. The van der Waals surface area contributed by atoms with Gasteiger partial charge in [-0.25, -0.2) is 18.0 Å². The van der Waals surface area contributed by atoms with Crippen LogP contribution in [0.1, 0.15) is 10.4 Å². The van der Waals surface area contributed by atoms with Crippen LogP contribution in [-0.2, 0) is 9.53 Å². The number of nitrogens with one attached hydrogen (secondary N) is 1. The van der Waals surface area contributed by atoms with Crippen LogP contribution in [-0.4, -0.2) is 18.5 Å². The molecular weight excluding hydrogens is 299 g/mol. The molecule has 2 aromatic rings. The monoisotopic (exact) mass is 309 g/mol. The Morgan fingerprint density at radius 3 is 2.14 bits per heavy atom. The number of amides is 1. The lowest BCUT2D eigenvalue weighted by Crippen LogP contribution is -2.21. The van der Waals surface area contributed by atoms with Crippen LogP contribution in [0.5, 0.6) is 0 Å². The molecule has 0 aliphatic heterocycles. The molecule has 0 unspecified atom stereocenters. The van der Waals surface area contributed by atoms with Gasteiger partial charge in [0.15, 0.2) is 6.61 Å². The summed E-state index contributed by atoms with van der Waals surface area (Å²) in [7, 11) is 0. The Balaban J connectivity index is 1.93. The molecule has 0 aliphatic rings. The van der Waals surface area contributed by atoms with Gasteiger partial charge >= 0.3 is 5.97 Å². The number of carbonyl (C=O) groups excluding carboxylic acids is 2. The molecule has 2 aromatic carbocycles. The van der Waals surface area contributed by atoms with Crippen molar-refractivity contribution in [3.63, 3.8) is 0 Å². The van der Waals surface area contributed by atoms with Crippen molar-refractivity contribution >= 4 is 17.6 Å². The maximum Gasteiger partial charge on any atom is 0.344 e. The first-order chi connectivity index (χ1) is 10.5. The molecule has 0 aliphatic carbocycles. The summed E-state index contributed by atoms with van der Waals surface area (Å²) in [5.74, 6) is -4.64. The third-order valence-corrected chi connectivity index (χ3v) is 2.63. The first-order valence-electron chi connectivity index (χ1n) is 6.14. The first kappa shape index (κ1) is 15.6. The lowest BCUT2D eigenvalue weighted by atomic mass is 10.2. The predicted octanol–water partition coefficient (Wildman–Crippen LogP) is 2.90. The number of carbonyl (C=O) groups is 2. The van der Waals surface area contributed by atoms with Gasteiger partial charge in [0.1, 0.15) is 23.0 Å². The highest BCUT2D eigenvalue weighted by Crippen LogP contribution is 2.13. The summed E-state index contributed by atoms with van der Waals surface area (Å²) in [5.41, 5.74) is -0.573. The van der Waals surface area contributed by atoms with Crippen LogP contribution >= 0.6 is 0 Å². The zero-order chi connectivity index (χ0) is 16.1. The minimum atomic E-state index is -1.29. The largest absolute Gasteiger partial charge is 0.452 e. The normalized spacial score (nSPS) is 10.1. The summed E-state index contributed by atoms with van der Waals surface area (Å²) in [4.78, 5) is 23.1. The Morgan fingerprint density at radius 1 is 0.955 bits per heavy atom. The zero-order valence-corrected chi connectivity index (χ0v) is 11.1. The van der Waals surface area contributed by atoms with Crippen LogP contribution in [0.2, 0.25) is 0 Å². The Labute approximate surface area is 123 Å². The second-order valence-corrected chi connectivity index (χ2v) is 4.23. The topological polar surface area (TPSA) is 55.4 Å². The van der Waals surface area contributed by atoms with Gasteiger partial charge in [0.2, 0.25) is 0 Å². The molecule has 114 valence electrons. The molecule has 2 rings (SSSR count). The van der Waals surface area contributed by atoms with E-state index >= 15 is 0 Å². The highest BCUT2D eigenvalue weighted by molar-refractivity contribution is 5.95. The number of rotatable bonds is 4. The van der Waals surface area contributed by atoms with E-state index in [2.05, 4.69) is 10.1 Å². The highest BCUT2D eigenvalue weighted by Gasteiger charge is 2.19. The number of halogens is 3. The number of benzene rings is 2. The molecule has 7 heteroatoms. The number of anilines is 1. The summed E-state index contributed by atoms with van der Waals surface area (Å²) in [6.45, 7) is -0.732. The van der Waals surface area contributed by atoms with Gasteiger partial charge in [0.25, 0.3) is 5.91 Å². The first-order valence-corrected chi connectivity index (χ1v) is 6.14. The molecule has 0 saturated carbocycles. The van der Waals surface area contributed by atoms with Crippen LogP contribution in [0.15, 0.2) is 42.5 Å². The van der Waals surface area contributed by atoms with Crippen molar-refractivity contribution in [3.8, 4) is 0 Å². The van der Waals surface area contributed by atoms with Crippen LogP contribution in [0, 0.1) is 17.5 Å². The van der Waals surface area contributed by atoms with E-state index in [9.17, 15) is 22.8 Å². The molecule has 0 atom stereocenters. The van der Waals surface area contributed by atoms with Crippen molar-refractivity contribution in [2.24, 2.45) is 0 Å². The molecule has 1 amide bonds. The van der Waals surface area contributed by atoms with Gasteiger partial charge in [-0.05, 0) is 36.4 Å². The third-order valence-electron chi connectivity index (χ3n) is 2.63. The van der Waals surface area contributed by atoms with E-state index in [1.165, 1.54) is 12.1 Å². The van der Waals surface area contributed by atoms with Gasteiger partial charge in [-0.15, -0.1) is 0 Å². The molecule has 0 heterocycles. The van der Waals surface area contributed by atoms with Crippen molar-refractivity contribution in [2.75, 3.05) is 11.9 Å². The Kier molecular flexibility index (Phi) is 4.77. The zero-order valence-electron chi connectivity index (χ0n) is 11.1. The second-order valence-electron chi connectivity index (χ2n) is 4.23. The highest BCUT2D eigenvalue weighted by atomic mass is 19.1. The van der Waals surface area contributed by atoms with Crippen molar-refractivity contribution in [2.45, 2.75) is 0 Å². The van der Waals surface area contributed by atoms with Gasteiger partial charge in [-0.3, -0.25) is 4.79 Å². The van der Waals surface area contributed by atoms with Gasteiger partial charge in [0, 0.05) is 5.69 Å². The molecule has 0 saturated heterocycles.